The van der Waals surface area contributed by atoms with Crippen LogP contribution in [-0.4, -0.2) is 23.9 Å². The summed E-state index contributed by atoms with van der Waals surface area (Å²) >= 11 is 0. The molecule has 2 aromatic rings. The average Bonchev–Trinajstić information content (AvgIpc) is 3.08. The maximum absolute atomic E-state index is 13.1. The summed E-state index contributed by atoms with van der Waals surface area (Å²) in [7, 11) is 0. The molecule has 1 fully saturated rings. The van der Waals surface area contributed by atoms with E-state index in [-0.39, 0.29) is 11.7 Å². The SMILES string of the molecule is Cc1cc(C)cc(N2C(=O)[C@H]3N=NN(c4ccc(F)cc4)[C@@H]3C2=O)c1. The Morgan fingerprint density at radius 1 is 0.920 bits per heavy atom. The first-order chi connectivity index (χ1) is 12.0. The molecule has 25 heavy (non-hydrogen) atoms. The van der Waals surface area contributed by atoms with Gasteiger partial charge in [-0.3, -0.25) is 9.59 Å². The first-order valence-electron chi connectivity index (χ1n) is 7.87. The Balaban J connectivity index is 1.71. The fraction of sp³-hybridized carbons (Fsp3) is 0.222. The summed E-state index contributed by atoms with van der Waals surface area (Å²) in [4.78, 5) is 26.8. The van der Waals surface area contributed by atoms with E-state index in [0.717, 1.165) is 11.1 Å². The topological polar surface area (TPSA) is 65.3 Å². The van der Waals surface area contributed by atoms with E-state index < -0.39 is 18.0 Å². The summed E-state index contributed by atoms with van der Waals surface area (Å²) in [5.41, 5.74) is 2.98. The van der Waals surface area contributed by atoms with Crippen LogP contribution in [0.4, 0.5) is 15.8 Å². The minimum absolute atomic E-state index is 0.380. The van der Waals surface area contributed by atoms with Gasteiger partial charge < -0.3 is 0 Å². The van der Waals surface area contributed by atoms with Crippen molar-refractivity contribution in [1.82, 2.24) is 0 Å². The second-order valence-corrected chi connectivity index (χ2v) is 6.27. The highest BCUT2D eigenvalue weighted by Gasteiger charge is 2.55. The minimum atomic E-state index is -0.877. The highest BCUT2D eigenvalue weighted by Crippen LogP contribution is 2.35. The van der Waals surface area contributed by atoms with Crippen molar-refractivity contribution in [3.05, 3.63) is 59.4 Å². The van der Waals surface area contributed by atoms with Gasteiger partial charge in [0.1, 0.15) is 5.82 Å². The van der Waals surface area contributed by atoms with Gasteiger partial charge in [0.2, 0.25) is 0 Å². The standard InChI is InChI=1S/C18H15FN4O2/c1-10-7-11(2)9-14(8-10)22-17(24)15-16(18(22)25)23(21-20-15)13-5-3-12(19)4-6-13/h3-9,15-16H,1-2H3/t15-,16-/m0/s1. The molecule has 2 amide bonds. The molecule has 6 nitrogen and oxygen atoms in total. The number of carbonyl (C=O) groups is 2. The van der Waals surface area contributed by atoms with Crippen molar-refractivity contribution in [3.63, 3.8) is 0 Å². The summed E-state index contributed by atoms with van der Waals surface area (Å²) in [6.07, 6.45) is 0. The number of nitrogens with zero attached hydrogens (tertiary/aromatic N) is 4. The van der Waals surface area contributed by atoms with E-state index in [9.17, 15) is 14.0 Å². The summed E-state index contributed by atoms with van der Waals surface area (Å²) in [6.45, 7) is 3.82. The van der Waals surface area contributed by atoms with E-state index in [1.54, 1.807) is 12.1 Å². The Morgan fingerprint density at radius 3 is 2.20 bits per heavy atom. The highest BCUT2D eigenvalue weighted by atomic mass is 19.1. The van der Waals surface area contributed by atoms with Gasteiger partial charge in [-0.1, -0.05) is 11.3 Å². The van der Waals surface area contributed by atoms with Crippen LogP contribution in [0.2, 0.25) is 0 Å². The number of aryl methyl sites for hydroxylation is 2. The van der Waals surface area contributed by atoms with Gasteiger partial charge in [0.15, 0.2) is 12.1 Å². The molecule has 2 aliphatic heterocycles. The molecule has 1 saturated heterocycles. The molecular formula is C18H15FN4O2. The fourth-order valence-electron chi connectivity index (χ4n) is 3.30. The minimum Gasteiger partial charge on any atom is -0.271 e. The summed E-state index contributed by atoms with van der Waals surface area (Å²) in [6, 6.07) is 9.42. The van der Waals surface area contributed by atoms with Crippen LogP contribution in [0.5, 0.6) is 0 Å². The summed E-state index contributed by atoms with van der Waals surface area (Å²) in [5, 5.41) is 9.31. The van der Waals surface area contributed by atoms with E-state index in [1.165, 1.54) is 34.2 Å². The molecule has 2 atom stereocenters. The second-order valence-electron chi connectivity index (χ2n) is 6.27. The van der Waals surface area contributed by atoms with Crippen molar-refractivity contribution in [2.24, 2.45) is 10.3 Å². The van der Waals surface area contributed by atoms with Crippen molar-refractivity contribution < 1.29 is 14.0 Å². The number of halogens is 1. The lowest BCUT2D eigenvalue weighted by atomic mass is 10.1. The van der Waals surface area contributed by atoms with E-state index in [1.807, 2.05) is 19.9 Å². The van der Waals surface area contributed by atoms with Crippen LogP contribution in [0.25, 0.3) is 0 Å². The maximum Gasteiger partial charge on any atom is 0.263 e. The molecule has 0 aliphatic carbocycles. The molecular weight excluding hydrogens is 323 g/mol. The normalized spacial score (nSPS) is 22.0. The van der Waals surface area contributed by atoms with E-state index >= 15 is 0 Å². The van der Waals surface area contributed by atoms with Gasteiger partial charge >= 0.3 is 0 Å². The lowest BCUT2D eigenvalue weighted by Gasteiger charge is -2.21. The number of imide groups is 1. The van der Waals surface area contributed by atoms with Crippen molar-refractivity contribution in [1.29, 1.82) is 0 Å². The summed E-state index contributed by atoms with van der Waals surface area (Å²) < 4.78 is 13.1. The van der Waals surface area contributed by atoms with Crippen LogP contribution in [0.1, 0.15) is 11.1 Å². The smallest absolute Gasteiger partial charge is 0.263 e. The van der Waals surface area contributed by atoms with Crippen molar-refractivity contribution in [2.45, 2.75) is 25.9 Å². The molecule has 0 unspecified atom stereocenters. The van der Waals surface area contributed by atoms with Gasteiger partial charge in [-0.2, -0.15) is 5.11 Å². The van der Waals surface area contributed by atoms with Gasteiger partial charge in [0, 0.05) is 0 Å². The maximum atomic E-state index is 13.1. The third-order valence-electron chi connectivity index (χ3n) is 4.34. The first-order valence-corrected chi connectivity index (χ1v) is 7.87. The van der Waals surface area contributed by atoms with Crippen LogP contribution in [-0.2, 0) is 9.59 Å². The molecule has 2 heterocycles. The van der Waals surface area contributed by atoms with E-state index in [4.69, 9.17) is 0 Å². The molecule has 0 aromatic heterocycles. The number of hydrogen-bond acceptors (Lipinski definition) is 5. The Bertz CT molecular complexity index is 890. The predicted octanol–water partition coefficient (Wildman–Crippen LogP) is 2.94. The third-order valence-corrected chi connectivity index (χ3v) is 4.34. The lowest BCUT2D eigenvalue weighted by Crippen LogP contribution is -2.39. The molecule has 0 saturated carbocycles. The van der Waals surface area contributed by atoms with Gasteiger partial charge in [0.05, 0.1) is 11.4 Å². The number of anilines is 2. The molecule has 0 radical (unpaired) electrons. The Kier molecular flexibility index (Phi) is 3.38. The molecule has 2 aromatic carbocycles. The summed E-state index contributed by atoms with van der Waals surface area (Å²) in [5.74, 6) is -1.16. The zero-order valence-electron chi connectivity index (χ0n) is 13.7. The van der Waals surface area contributed by atoms with Crippen LogP contribution >= 0.6 is 0 Å². The molecule has 7 heteroatoms. The van der Waals surface area contributed by atoms with E-state index in [0.29, 0.717) is 11.4 Å². The van der Waals surface area contributed by atoms with Crippen LogP contribution < -0.4 is 9.91 Å². The number of benzene rings is 2. The molecule has 0 bridgehead atoms. The highest BCUT2D eigenvalue weighted by molar-refractivity contribution is 6.26. The molecule has 4 rings (SSSR count). The van der Waals surface area contributed by atoms with E-state index in [2.05, 4.69) is 10.3 Å². The first kappa shape index (κ1) is 15.4. The number of carbonyl (C=O) groups excluding carboxylic acids is 2. The number of amides is 2. The number of rotatable bonds is 2. The van der Waals surface area contributed by atoms with Crippen molar-refractivity contribution in [2.75, 3.05) is 9.91 Å². The predicted molar refractivity (Wildman–Crippen MR) is 89.7 cm³/mol. The van der Waals surface area contributed by atoms with Gasteiger partial charge in [-0.25, -0.2) is 14.3 Å². The fourth-order valence-corrected chi connectivity index (χ4v) is 3.30. The Hall–Kier alpha value is -3.09. The molecule has 126 valence electrons. The average molecular weight is 338 g/mol. The third kappa shape index (κ3) is 2.39. The van der Waals surface area contributed by atoms with Gasteiger partial charge in [-0.05, 0) is 61.4 Å². The van der Waals surface area contributed by atoms with Gasteiger partial charge in [0.25, 0.3) is 11.8 Å². The molecule has 2 aliphatic rings. The van der Waals surface area contributed by atoms with Gasteiger partial charge in [-0.15, -0.1) is 0 Å². The zero-order valence-corrected chi connectivity index (χ0v) is 13.7. The van der Waals surface area contributed by atoms with Crippen molar-refractivity contribution >= 4 is 23.2 Å². The second kappa shape index (κ2) is 5.47. The molecule has 0 N–H and O–H groups in total. The largest absolute Gasteiger partial charge is 0.271 e. The monoisotopic (exact) mass is 338 g/mol. The molecule has 0 spiro atoms. The zero-order chi connectivity index (χ0) is 17.7. The number of hydrogen-bond donors (Lipinski definition) is 0. The Labute approximate surface area is 143 Å². The van der Waals surface area contributed by atoms with Crippen LogP contribution in [0.15, 0.2) is 52.8 Å². The van der Waals surface area contributed by atoms with Crippen LogP contribution in [0.3, 0.4) is 0 Å². The lowest BCUT2D eigenvalue weighted by molar-refractivity contribution is -0.121. The number of fused-ring (bicyclic) bond motifs is 1. The quantitative estimate of drug-likeness (QED) is 0.791. The Morgan fingerprint density at radius 2 is 1.56 bits per heavy atom. The van der Waals surface area contributed by atoms with Crippen molar-refractivity contribution in [3.8, 4) is 0 Å². The van der Waals surface area contributed by atoms with Crippen LogP contribution in [0, 0.1) is 19.7 Å².